The van der Waals surface area contributed by atoms with Crippen LogP contribution >= 0.6 is 0 Å². The summed E-state index contributed by atoms with van der Waals surface area (Å²) in [6.07, 6.45) is 2.49. The average Bonchev–Trinajstić information content (AvgIpc) is 2.93. The first kappa shape index (κ1) is 16.3. The zero-order valence-corrected chi connectivity index (χ0v) is 13.6. The molecule has 1 aromatic rings. The number of benzene rings is 1. The summed E-state index contributed by atoms with van der Waals surface area (Å²) in [5.41, 5.74) is 0.966. The quantitative estimate of drug-likeness (QED) is 0.807. The van der Waals surface area contributed by atoms with Crippen molar-refractivity contribution >= 4 is 15.7 Å². The van der Waals surface area contributed by atoms with Crippen molar-refractivity contribution in [3.05, 3.63) is 24.3 Å². The molecule has 0 saturated carbocycles. The van der Waals surface area contributed by atoms with Crippen LogP contribution in [0.2, 0.25) is 0 Å². The Morgan fingerprint density at radius 3 is 2.57 bits per heavy atom. The lowest BCUT2D eigenvalue weighted by Crippen LogP contribution is -2.34. The van der Waals surface area contributed by atoms with E-state index < -0.39 is 10.0 Å². The van der Waals surface area contributed by atoms with Crippen molar-refractivity contribution in [2.75, 3.05) is 31.5 Å². The molecule has 5 nitrogen and oxygen atoms in total. The highest BCUT2D eigenvalue weighted by atomic mass is 32.2. The van der Waals surface area contributed by atoms with E-state index in [4.69, 9.17) is 0 Å². The zero-order chi connectivity index (χ0) is 15.3. The largest absolute Gasteiger partial charge is 0.383 e. The Labute approximate surface area is 127 Å². The Bertz CT molecular complexity index is 543. The van der Waals surface area contributed by atoms with E-state index in [-0.39, 0.29) is 0 Å². The molecule has 0 aliphatic carbocycles. The summed E-state index contributed by atoms with van der Waals surface area (Å²) in [7, 11) is -3.36. The second-order valence-corrected chi connectivity index (χ2v) is 7.10. The van der Waals surface area contributed by atoms with E-state index in [0.29, 0.717) is 17.5 Å². The standard InChI is InChI=1S/C15H25N3O2S/c1-3-17-21(19,20)15-9-7-13(8-10-15)16-12-14-6-5-11-18(14)4-2/h7-10,14,16-17H,3-6,11-12H2,1-2H3. The van der Waals surface area contributed by atoms with Crippen molar-refractivity contribution in [1.29, 1.82) is 0 Å². The van der Waals surface area contributed by atoms with Gasteiger partial charge in [0.1, 0.15) is 0 Å². The van der Waals surface area contributed by atoms with E-state index in [2.05, 4.69) is 21.9 Å². The highest BCUT2D eigenvalue weighted by Gasteiger charge is 2.22. The summed E-state index contributed by atoms with van der Waals surface area (Å²) in [6.45, 7) is 7.55. The third-order valence-corrected chi connectivity index (χ3v) is 5.51. The number of likely N-dealkylation sites (tertiary alicyclic amines) is 1. The average molecular weight is 311 g/mol. The van der Waals surface area contributed by atoms with Crippen LogP contribution in [0.5, 0.6) is 0 Å². The number of anilines is 1. The fraction of sp³-hybridized carbons (Fsp3) is 0.600. The lowest BCUT2D eigenvalue weighted by atomic mass is 10.2. The fourth-order valence-corrected chi connectivity index (χ4v) is 3.84. The summed E-state index contributed by atoms with van der Waals surface area (Å²) in [5.74, 6) is 0. The highest BCUT2D eigenvalue weighted by Crippen LogP contribution is 2.18. The predicted molar refractivity (Wildman–Crippen MR) is 86.1 cm³/mol. The predicted octanol–water partition coefficient (Wildman–Crippen LogP) is 1.88. The zero-order valence-electron chi connectivity index (χ0n) is 12.8. The van der Waals surface area contributed by atoms with E-state index >= 15 is 0 Å². The molecule has 1 aromatic carbocycles. The Morgan fingerprint density at radius 2 is 1.95 bits per heavy atom. The molecule has 21 heavy (non-hydrogen) atoms. The lowest BCUT2D eigenvalue weighted by Gasteiger charge is -2.23. The number of sulfonamides is 1. The molecular formula is C15H25N3O2S. The first-order valence-electron chi connectivity index (χ1n) is 7.64. The van der Waals surface area contributed by atoms with Crippen LogP contribution in [0.3, 0.4) is 0 Å². The Balaban J connectivity index is 1.94. The Hall–Kier alpha value is -1.11. The maximum Gasteiger partial charge on any atom is 0.240 e. The fourth-order valence-electron chi connectivity index (χ4n) is 2.80. The smallest absolute Gasteiger partial charge is 0.240 e. The first-order chi connectivity index (χ1) is 10.1. The van der Waals surface area contributed by atoms with Gasteiger partial charge in [-0.2, -0.15) is 0 Å². The van der Waals surface area contributed by atoms with E-state index in [1.807, 2.05) is 12.1 Å². The topological polar surface area (TPSA) is 61.4 Å². The number of hydrogen-bond acceptors (Lipinski definition) is 4. The van der Waals surface area contributed by atoms with Crippen LogP contribution in [-0.2, 0) is 10.0 Å². The van der Waals surface area contributed by atoms with Crippen LogP contribution in [0.25, 0.3) is 0 Å². The second kappa shape index (κ2) is 7.24. The molecule has 0 bridgehead atoms. The molecule has 1 unspecified atom stereocenters. The van der Waals surface area contributed by atoms with Crippen molar-refractivity contribution in [3.8, 4) is 0 Å². The SMILES string of the molecule is CCNS(=O)(=O)c1ccc(NCC2CCCN2CC)cc1. The van der Waals surface area contributed by atoms with Crippen LogP contribution in [0.15, 0.2) is 29.2 Å². The summed E-state index contributed by atoms with van der Waals surface area (Å²) in [4.78, 5) is 2.79. The normalized spacial score (nSPS) is 19.8. The first-order valence-corrected chi connectivity index (χ1v) is 9.12. The summed E-state index contributed by atoms with van der Waals surface area (Å²) in [5, 5.41) is 3.40. The minimum atomic E-state index is -3.36. The minimum Gasteiger partial charge on any atom is -0.383 e. The number of rotatable bonds is 7. The molecule has 6 heteroatoms. The molecule has 2 rings (SSSR count). The van der Waals surface area contributed by atoms with Gasteiger partial charge in [-0.25, -0.2) is 13.1 Å². The third-order valence-electron chi connectivity index (χ3n) is 3.95. The van der Waals surface area contributed by atoms with E-state index in [1.54, 1.807) is 19.1 Å². The number of likely N-dealkylation sites (N-methyl/N-ethyl adjacent to an activating group) is 1. The van der Waals surface area contributed by atoms with Crippen molar-refractivity contribution < 1.29 is 8.42 Å². The van der Waals surface area contributed by atoms with Crippen molar-refractivity contribution in [3.63, 3.8) is 0 Å². The van der Waals surface area contributed by atoms with Gasteiger partial charge in [-0.1, -0.05) is 13.8 Å². The van der Waals surface area contributed by atoms with Crippen LogP contribution in [0.4, 0.5) is 5.69 Å². The summed E-state index contributed by atoms with van der Waals surface area (Å²) < 4.78 is 26.2. The van der Waals surface area contributed by atoms with Gasteiger partial charge in [0.25, 0.3) is 0 Å². The lowest BCUT2D eigenvalue weighted by molar-refractivity contribution is 0.277. The highest BCUT2D eigenvalue weighted by molar-refractivity contribution is 7.89. The molecule has 1 heterocycles. The van der Waals surface area contributed by atoms with E-state index in [1.165, 1.54) is 19.4 Å². The monoisotopic (exact) mass is 311 g/mol. The molecule has 118 valence electrons. The Morgan fingerprint density at radius 1 is 1.24 bits per heavy atom. The minimum absolute atomic E-state index is 0.311. The van der Waals surface area contributed by atoms with Gasteiger partial charge in [0.15, 0.2) is 0 Å². The maximum absolute atomic E-state index is 11.9. The van der Waals surface area contributed by atoms with Crippen molar-refractivity contribution in [1.82, 2.24) is 9.62 Å². The molecular weight excluding hydrogens is 286 g/mol. The van der Waals surface area contributed by atoms with Gasteiger partial charge in [0.05, 0.1) is 4.90 Å². The van der Waals surface area contributed by atoms with Gasteiger partial charge in [-0.15, -0.1) is 0 Å². The second-order valence-electron chi connectivity index (χ2n) is 5.33. The van der Waals surface area contributed by atoms with Crippen molar-refractivity contribution in [2.45, 2.75) is 37.6 Å². The van der Waals surface area contributed by atoms with Crippen LogP contribution in [0.1, 0.15) is 26.7 Å². The molecule has 1 aliphatic heterocycles. The number of nitrogens with zero attached hydrogens (tertiary/aromatic N) is 1. The molecule has 1 saturated heterocycles. The van der Waals surface area contributed by atoms with Crippen LogP contribution in [0, 0.1) is 0 Å². The molecule has 1 atom stereocenters. The molecule has 1 aliphatic rings. The molecule has 0 aromatic heterocycles. The van der Waals surface area contributed by atoms with E-state index in [9.17, 15) is 8.42 Å². The van der Waals surface area contributed by atoms with Gasteiger partial charge in [-0.3, -0.25) is 4.90 Å². The molecule has 1 fully saturated rings. The van der Waals surface area contributed by atoms with Gasteiger partial charge >= 0.3 is 0 Å². The van der Waals surface area contributed by atoms with Gasteiger partial charge in [0, 0.05) is 24.8 Å². The Kier molecular flexibility index (Phi) is 5.61. The van der Waals surface area contributed by atoms with Gasteiger partial charge in [0.2, 0.25) is 10.0 Å². The third kappa shape index (κ3) is 4.18. The maximum atomic E-state index is 11.9. The van der Waals surface area contributed by atoms with Gasteiger partial charge < -0.3 is 5.32 Å². The molecule has 0 amide bonds. The number of nitrogens with one attached hydrogen (secondary N) is 2. The summed E-state index contributed by atoms with van der Waals surface area (Å²) >= 11 is 0. The molecule has 0 radical (unpaired) electrons. The van der Waals surface area contributed by atoms with Gasteiger partial charge in [-0.05, 0) is 50.2 Å². The van der Waals surface area contributed by atoms with Crippen LogP contribution in [-0.4, -0.2) is 45.5 Å². The van der Waals surface area contributed by atoms with Crippen LogP contribution < -0.4 is 10.0 Å². The summed E-state index contributed by atoms with van der Waals surface area (Å²) in [6, 6.07) is 7.53. The van der Waals surface area contributed by atoms with Crippen molar-refractivity contribution in [2.24, 2.45) is 0 Å². The van der Waals surface area contributed by atoms with E-state index in [0.717, 1.165) is 18.8 Å². The molecule has 2 N–H and O–H groups in total. The molecule has 0 spiro atoms. The number of hydrogen-bond donors (Lipinski definition) is 2.